The van der Waals surface area contributed by atoms with Gasteiger partial charge in [-0.1, -0.05) is 18.2 Å². The average molecular weight is 345 g/mol. The number of piperidine rings is 1. The molecule has 3 aromatic rings. The summed E-state index contributed by atoms with van der Waals surface area (Å²) >= 11 is 0. The molecule has 0 spiro atoms. The van der Waals surface area contributed by atoms with Crippen molar-refractivity contribution in [3.05, 3.63) is 59.8 Å². The van der Waals surface area contributed by atoms with Crippen LogP contribution in [0.4, 0.5) is 0 Å². The maximum atomic E-state index is 13.4. The van der Waals surface area contributed by atoms with Crippen LogP contribution in [0.25, 0.3) is 22.0 Å². The molecule has 1 amide bonds. The Hall–Kier alpha value is -2.59. The highest BCUT2D eigenvalue weighted by Crippen LogP contribution is 2.49. The van der Waals surface area contributed by atoms with Crippen molar-refractivity contribution in [2.45, 2.75) is 19.4 Å². The summed E-state index contributed by atoms with van der Waals surface area (Å²) in [6.45, 7) is 3.49. The van der Waals surface area contributed by atoms with Crippen LogP contribution in [0.1, 0.15) is 22.3 Å². The molecule has 1 saturated heterocycles. The van der Waals surface area contributed by atoms with E-state index >= 15 is 0 Å². The van der Waals surface area contributed by atoms with Crippen molar-refractivity contribution in [2.24, 2.45) is 17.6 Å². The second-order valence-corrected chi connectivity index (χ2v) is 7.70. The number of hydrogen-bond acceptors (Lipinski definition) is 2. The number of H-pyrrole nitrogens is 1. The quantitative estimate of drug-likeness (QED) is 0.762. The van der Waals surface area contributed by atoms with Crippen LogP contribution in [0.3, 0.4) is 0 Å². The summed E-state index contributed by atoms with van der Waals surface area (Å²) in [4.78, 5) is 18.7. The Kier molecular flexibility index (Phi) is 3.44. The summed E-state index contributed by atoms with van der Waals surface area (Å²) in [6, 6.07) is 14.6. The zero-order chi connectivity index (χ0) is 17.8. The number of fused-ring (bicyclic) bond motifs is 2. The smallest absolute Gasteiger partial charge is 0.254 e. The number of nitrogens with two attached hydrogens (primary N) is 1. The summed E-state index contributed by atoms with van der Waals surface area (Å²) in [5.74, 6) is 1.41. The molecule has 0 unspecified atom stereocenters. The highest BCUT2D eigenvalue weighted by Gasteiger charge is 2.53. The number of likely N-dealkylation sites (tertiary alicyclic amines) is 1. The molecule has 1 aromatic heterocycles. The monoisotopic (exact) mass is 345 g/mol. The highest BCUT2D eigenvalue weighted by molar-refractivity contribution is 6.03. The van der Waals surface area contributed by atoms with Crippen LogP contribution in [-0.4, -0.2) is 34.9 Å². The van der Waals surface area contributed by atoms with Gasteiger partial charge in [0, 0.05) is 36.4 Å². The summed E-state index contributed by atoms with van der Waals surface area (Å²) < 4.78 is 0. The van der Waals surface area contributed by atoms with Gasteiger partial charge in [0.15, 0.2) is 0 Å². The first-order chi connectivity index (χ1) is 12.7. The Morgan fingerprint density at radius 3 is 3.00 bits per heavy atom. The number of benzene rings is 2. The molecule has 0 bridgehead atoms. The van der Waals surface area contributed by atoms with E-state index in [9.17, 15) is 4.79 Å². The predicted octanol–water partition coefficient (Wildman–Crippen LogP) is 3.56. The molecule has 4 nitrogen and oxygen atoms in total. The van der Waals surface area contributed by atoms with E-state index in [1.165, 1.54) is 6.42 Å². The Labute approximate surface area is 153 Å². The van der Waals surface area contributed by atoms with Crippen LogP contribution in [0, 0.1) is 18.8 Å². The average Bonchev–Trinajstić information content (AvgIpc) is 3.11. The van der Waals surface area contributed by atoms with Gasteiger partial charge in [-0.2, -0.15) is 0 Å². The minimum Gasteiger partial charge on any atom is -0.361 e. The maximum Gasteiger partial charge on any atom is 0.254 e. The van der Waals surface area contributed by atoms with Crippen molar-refractivity contribution >= 4 is 16.8 Å². The van der Waals surface area contributed by atoms with Gasteiger partial charge in [0.1, 0.15) is 0 Å². The Morgan fingerprint density at radius 2 is 2.15 bits per heavy atom. The molecule has 26 heavy (non-hydrogen) atoms. The Balaban J connectivity index is 1.59. The number of nitrogens with one attached hydrogen (secondary N) is 1. The van der Waals surface area contributed by atoms with Crippen molar-refractivity contribution in [2.75, 3.05) is 13.1 Å². The molecule has 1 aliphatic heterocycles. The number of aromatic nitrogens is 1. The topological polar surface area (TPSA) is 62.1 Å². The van der Waals surface area contributed by atoms with E-state index < -0.39 is 0 Å². The van der Waals surface area contributed by atoms with Crippen molar-refractivity contribution in [3.8, 4) is 11.1 Å². The molecule has 0 radical (unpaired) electrons. The van der Waals surface area contributed by atoms with E-state index in [1.807, 2.05) is 23.2 Å². The van der Waals surface area contributed by atoms with Gasteiger partial charge >= 0.3 is 0 Å². The summed E-state index contributed by atoms with van der Waals surface area (Å²) in [5.41, 5.74) is 11.1. The first kappa shape index (κ1) is 15.6. The first-order valence-electron chi connectivity index (χ1n) is 9.35. The zero-order valence-electron chi connectivity index (χ0n) is 14.9. The SMILES string of the molecule is Cc1cccc(C(=O)N2C[C@H]3C[C@H]3[C@H]2CN)c1-c1ccc2[nH]ccc2c1. The van der Waals surface area contributed by atoms with Gasteiger partial charge in [-0.15, -0.1) is 0 Å². The van der Waals surface area contributed by atoms with Crippen molar-refractivity contribution in [1.29, 1.82) is 0 Å². The van der Waals surface area contributed by atoms with E-state index in [2.05, 4.69) is 42.2 Å². The fourth-order valence-corrected chi connectivity index (χ4v) is 4.70. The molecule has 1 aliphatic carbocycles. The van der Waals surface area contributed by atoms with Crippen molar-refractivity contribution < 1.29 is 4.79 Å². The lowest BCUT2D eigenvalue weighted by atomic mass is 9.93. The van der Waals surface area contributed by atoms with Crippen LogP contribution in [-0.2, 0) is 0 Å². The number of amides is 1. The molecule has 132 valence electrons. The summed E-state index contributed by atoms with van der Waals surface area (Å²) in [5, 5.41) is 1.16. The molecule has 3 N–H and O–H groups in total. The fourth-order valence-electron chi connectivity index (χ4n) is 4.70. The third-order valence-electron chi connectivity index (χ3n) is 6.15. The van der Waals surface area contributed by atoms with Crippen LogP contribution in [0.15, 0.2) is 48.7 Å². The molecule has 2 aliphatic rings. The molecule has 2 heterocycles. The van der Waals surface area contributed by atoms with Crippen LogP contribution in [0.2, 0.25) is 0 Å². The minimum atomic E-state index is 0.125. The number of aryl methyl sites for hydroxylation is 1. The zero-order valence-corrected chi connectivity index (χ0v) is 14.9. The van der Waals surface area contributed by atoms with E-state index in [0.29, 0.717) is 18.4 Å². The van der Waals surface area contributed by atoms with E-state index in [1.54, 1.807) is 0 Å². The molecule has 3 atom stereocenters. The summed E-state index contributed by atoms with van der Waals surface area (Å²) in [7, 11) is 0. The minimum absolute atomic E-state index is 0.125. The number of hydrogen-bond donors (Lipinski definition) is 2. The first-order valence-corrected chi connectivity index (χ1v) is 9.35. The molecular weight excluding hydrogens is 322 g/mol. The van der Waals surface area contributed by atoms with Crippen LogP contribution >= 0.6 is 0 Å². The Bertz CT molecular complexity index is 1010. The maximum absolute atomic E-state index is 13.4. The number of rotatable bonds is 3. The van der Waals surface area contributed by atoms with E-state index in [4.69, 9.17) is 5.73 Å². The second-order valence-electron chi connectivity index (χ2n) is 7.70. The molecule has 2 aromatic carbocycles. The largest absolute Gasteiger partial charge is 0.361 e. The van der Waals surface area contributed by atoms with Crippen molar-refractivity contribution in [1.82, 2.24) is 9.88 Å². The van der Waals surface area contributed by atoms with Gasteiger partial charge < -0.3 is 15.6 Å². The normalized spacial score (nSPS) is 24.1. The van der Waals surface area contributed by atoms with Crippen LogP contribution < -0.4 is 5.73 Å². The number of carbonyl (C=O) groups is 1. The van der Waals surface area contributed by atoms with Gasteiger partial charge in [0.05, 0.1) is 0 Å². The number of carbonyl (C=O) groups excluding carboxylic acids is 1. The number of nitrogens with zero attached hydrogens (tertiary/aromatic N) is 1. The van der Waals surface area contributed by atoms with E-state index in [-0.39, 0.29) is 11.9 Å². The lowest BCUT2D eigenvalue weighted by Crippen LogP contribution is -2.43. The highest BCUT2D eigenvalue weighted by atomic mass is 16.2. The summed E-state index contributed by atoms with van der Waals surface area (Å²) in [6.07, 6.45) is 3.18. The standard InChI is InChI=1S/C22H23N3O/c1-13-3-2-4-17(22(26)25-12-16-10-18(16)20(25)11-23)21(13)15-5-6-19-14(9-15)7-8-24-19/h2-9,16,18,20,24H,10-12,23H2,1H3/t16-,18-,20-/m1/s1. The molecule has 2 fully saturated rings. The predicted molar refractivity (Wildman–Crippen MR) is 104 cm³/mol. The van der Waals surface area contributed by atoms with Gasteiger partial charge in [0.2, 0.25) is 0 Å². The fraction of sp³-hybridized carbons (Fsp3) is 0.318. The number of aromatic amines is 1. The second kappa shape index (κ2) is 5.71. The van der Waals surface area contributed by atoms with Gasteiger partial charge in [-0.05, 0) is 71.5 Å². The molecule has 4 heteroatoms. The van der Waals surface area contributed by atoms with Gasteiger partial charge in [0.25, 0.3) is 5.91 Å². The van der Waals surface area contributed by atoms with Gasteiger partial charge in [-0.25, -0.2) is 0 Å². The van der Waals surface area contributed by atoms with Gasteiger partial charge in [-0.3, -0.25) is 4.79 Å². The van der Waals surface area contributed by atoms with Crippen molar-refractivity contribution in [3.63, 3.8) is 0 Å². The molecular formula is C22H23N3O. The Morgan fingerprint density at radius 1 is 1.27 bits per heavy atom. The van der Waals surface area contributed by atoms with E-state index in [0.717, 1.165) is 39.7 Å². The third kappa shape index (κ3) is 2.29. The lowest BCUT2D eigenvalue weighted by molar-refractivity contribution is 0.0713. The molecule has 1 saturated carbocycles. The lowest BCUT2D eigenvalue weighted by Gasteiger charge is -2.28. The third-order valence-corrected chi connectivity index (χ3v) is 6.15. The molecule has 5 rings (SSSR count). The van der Waals surface area contributed by atoms with Crippen LogP contribution in [0.5, 0.6) is 0 Å².